The standard InChI is InChI=1S/C16H13ClIN3/c17-11-4-5-15(18)14(8-11)16(21-19)13-3-1-2-10-9-20-7-6-12(10)13/h1-9,16,21H,19H2. The van der Waals surface area contributed by atoms with Gasteiger partial charge in [-0.25, -0.2) is 5.43 Å². The predicted octanol–water partition coefficient (Wildman–Crippen LogP) is 4.05. The average molecular weight is 410 g/mol. The summed E-state index contributed by atoms with van der Waals surface area (Å²) in [5.41, 5.74) is 5.08. The molecule has 0 aliphatic rings. The summed E-state index contributed by atoms with van der Waals surface area (Å²) in [4.78, 5) is 4.17. The number of rotatable bonds is 3. The Kier molecular flexibility index (Phi) is 4.40. The van der Waals surface area contributed by atoms with Gasteiger partial charge in [0, 0.05) is 26.4 Å². The molecule has 21 heavy (non-hydrogen) atoms. The second kappa shape index (κ2) is 6.27. The molecule has 106 valence electrons. The van der Waals surface area contributed by atoms with Crippen molar-refractivity contribution in [3.8, 4) is 0 Å². The van der Waals surface area contributed by atoms with Gasteiger partial charge in [-0.1, -0.05) is 29.8 Å². The number of halogens is 2. The van der Waals surface area contributed by atoms with E-state index in [-0.39, 0.29) is 6.04 Å². The van der Waals surface area contributed by atoms with Crippen molar-refractivity contribution in [3.05, 3.63) is 74.6 Å². The van der Waals surface area contributed by atoms with Crippen LogP contribution in [0.4, 0.5) is 0 Å². The highest BCUT2D eigenvalue weighted by Crippen LogP contribution is 2.32. The first-order valence-corrected chi connectivity index (χ1v) is 7.90. The van der Waals surface area contributed by atoms with Gasteiger partial charge in [0.15, 0.2) is 0 Å². The second-order valence-corrected chi connectivity index (χ2v) is 6.31. The van der Waals surface area contributed by atoms with Crippen LogP contribution in [0.15, 0.2) is 54.9 Å². The predicted molar refractivity (Wildman–Crippen MR) is 95.1 cm³/mol. The molecule has 0 saturated carbocycles. The van der Waals surface area contributed by atoms with Crippen molar-refractivity contribution in [2.75, 3.05) is 0 Å². The molecule has 3 nitrogen and oxygen atoms in total. The lowest BCUT2D eigenvalue weighted by atomic mass is 9.95. The maximum atomic E-state index is 6.14. The normalized spacial score (nSPS) is 12.5. The lowest BCUT2D eigenvalue weighted by Gasteiger charge is -2.20. The Morgan fingerprint density at radius 2 is 2.00 bits per heavy atom. The van der Waals surface area contributed by atoms with Crippen molar-refractivity contribution < 1.29 is 0 Å². The molecule has 1 aromatic heterocycles. The van der Waals surface area contributed by atoms with E-state index in [1.165, 1.54) is 0 Å². The number of aromatic nitrogens is 1. The molecule has 2 aromatic carbocycles. The van der Waals surface area contributed by atoms with Gasteiger partial charge >= 0.3 is 0 Å². The summed E-state index contributed by atoms with van der Waals surface area (Å²) in [6.45, 7) is 0. The number of pyridine rings is 1. The molecular weight excluding hydrogens is 397 g/mol. The van der Waals surface area contributed by atoms with Crippen molar-refractivity contribution in [1.82, 2.24) is 10.4 Å². The Labute approximate surface area is 141 Å². The molecule has 0 bridgehead atoms. The Balaban J connectivity index is 2.21. The zero-order chi connectivity index (χ0) is 14.8. The van der Waals surface area contributed by atoms with Crippen LogP contribution >= 0.6 is 34.2 Å². The van der Waals surface area contributed by atoms with Crippen LogP contribution in [0, 0.1) is 3.57 Å². The molecule has 0 aliphatic carbocycles. The minimum atomic E-state index is -0.123. The number of fused-ring (bicyclic) bond motifs is 1. The van der Waals surface area contributed by atoms with Gasteiger partial charge in [0.2, 0.25) is 0 Å². The zero-order valence-electron chi connectivity index (χ0n) is 11.1. The Morgan fingerprint density at radius 1 is 1.14 bits per heavy atom. The molecule has 3 aromatic rings. The Morgan fingerprint density at radius 3 is 2.81 bits per heavy atom. The lowest BCUT2D eigenvalue weighted by Crippen LogP contribution is -2.29. The van der Waals surface area contributed by atoms with E-state index in [2.05, 4.69) is 39.1 Å². The van der Waals surface area contributed by atoms with Crippen molar-refractivity contribution in [2.24, 2.45) is 5.84 Å². The molecule has 3 rings (SSSR count). The van der Waals surface area contributed by atoms with Gasteiger partial charge in [-0.2, -0.15) is 0 Å². The molecular formula is C16H13ClIN3. The van der Waals surface area contributed by atoms with E-state index < -0.39 is 0 Å². The fourth-order valence-electron chi connectivity index (χ4n) is 2.48. The van der Waals surface area contributed by atoms with Crippen molar-refractivity contribution in [2.45, 2.75) is 6.04 Å². The van der Waals surface area contributed by atoms with Crippen LogP contribution in [0.3, 0.4) is 0 Å². The molecule has 0 spiro atoms. The highest BCUT2D eigenvalue weighted by Gasteiger charge is 2.18. The first-order chi connectivity index (χ1) is 10.2. The molecule has 5 heteroatoms. The van der Waals surface area contributed by atoms with Gasteiger partial charge in [0.25, 0.3) is 0 Å². The third-order valence-electron chi connectivity index (χ3n) is 3.46. The molecule has 1 unspecified atom stereocenters. The highest BCUT2D eigenvalue weighted by atomic mass is 127. The van der Waals surface area contributed by atoms with Crippen LogP contribution in [0.2, 0.25) is 5.02 Å². The molecule has 0 radical (unpaired) electrons. The molecule has 0 fully saturated rings. The monoisotopic (exact) mass is 409 g/mol. The van der Waals surface area contributed by atoms with Gasteiger partial charge in [-0.3, -0.25) is 10.8 Å². The number of hydrogen-bond donors (Lipinski definition) is 2. The summed E-state index contributed by atoms with van der Waals surface area (Å²) in [7, 11) is 0. The summed E-state index contributed by atoms with van der Waals surface area (Å²) < 4.78 is 1.12. The number of hydrazine groups is 1. The van der Waals surface area contributed by atoms with Crippen LogP contribution in [-0.2, 0) is 0 Å². The summed E-state index contributed by atoms with van der Waals surface area (Å²) in [6, 6.07) is 13.8. The largest absolute Gasteiger partial charge is 0.271 e. The van der Waals surface area contributed by atoms with Crippen molar-refractivity contribution >= 4 is 45.0 Å². The quantitative estimate of drug-likeness (QED) is 0.390. The van der Waals surface area contributed by atoms with Crippen LogP contribution in [0.25, 0.3) is 10.8 Å². The highest BCUT2D eigenvalue weighted by molar-refractivity contribution is 14.1. The first-order valence-electron chi connectivity index (χ1n) is 6.44. The summed E-state index contributed by atoms with van der Waals surface area (Å²) >= 11 is 8.44. The zero-order valence-corrected chi connectivity index (χ0v) is 14.0. The van der Waals surface area contributed by atoms with E-state index in [4.69, 9.17) is 17.4 Å². The first kappa shape index (κ1) is 14.7. The van der Waals surface area contributed by atoms with Crippen molar-refractivity contribution in [3.63, 3.8) is 0 Å². The van der Waals surface area contributed by atoms with Gasteiger partial charge in [-0.15, -0.1) is 0 Å². The SMILES string of the molecule is NNC(c1cc(Cl)ccc1I)c1cccc2cnccc12. The summed E-state index contributed by atoms with van der Waals surface area (Å²) in [5, 5.41) is 2.92. The summed E-state index contributed by atoms with van der Waals surface area (Å²) in [6.07, 6.45) is 3.65. The average Bonchev–Trinajstić information content (AvgIpc) is 2.51. The van der Waals surface area contributed by atoms with Gasteiger partial charge < -0.3 is 0 Å². The molecule has 0 amide bonds. The van der Waals surface area contributed by atoms with E-state index in [9.17, 15) is 0 Å². The fourth-order valence-corrected chi connectivity index (χ4v) is 3.31. The summed E-state index contributed by atoms with van der Waals surface area (Å²) in [5.74, 6) is 5.83. The second-order valence-electron chi connectivity index (χ2n) is 4.71. The van der Waals surface area contributed by atoms with Crippen LogP contribution in [-0.4, -0.2) is 4.98 Å². The topological polar surface area (TPSA) is 50.9 Å². The lowest BCUT2D eigenvalue weighted by molar-refractivity contribution is 0.638. The number of hydrogen-bond acceptors (Lipinski definition) is 3. The van der Waals surface area contributed by atoms with Gasteiger partial charge in [-0.05, 0) is 63.4 Å². The Bertz CT molecular complexity index is 786. The van der Waals surface area contributed by atoms with E-state index in [1.807, 2.05) is 42.6 Å². The van der Waals surface area contributed by atoms with Crippen LogP contribution in [0.1, 0.15) is 17.2 Å². The van der Waals surface area contributed by atoms with Crippen molar-refractivity contribution in [1.29, 1.82) is 0 Å². The maximum absolute atomic E-state index is 6.14. The molecule has 3 N–H and O–H groups in total. The third kappa shape index (κ3) is 2.89. The van der Waals surface area contributed by atoms with E-state index in [0.29, 0.717) is 5.02 Å². The number of nitrogens with zero attached hydrogens (tertiary/aromatic N) is 1. The number of nitrogens with one attached hydrogen (secondary N) is 1. The van der Waals surface area contributed by atoms with Gasteiger partial charge in [0.1, 0.15) is 0 Å². The molecule has 0 aliphatic heterocycles. The number of nitrogens with two attached hydrogens (primary N) is 1. The Hall–Kier alpha value is -1.21. The van der Waals surface area contributed by atoms with Crippen LogP contribution in [0.5, 0.6) is 0 Å². The third-order valence-corrected chi connectivity index (χ3v) is 4.68. The molecule has 1 atom stereocenters. The smallest absolute Gasteiger partial charge is 0.0726 e. The van der Waals surface area contributed by atoms with Gasteiger partial charge in [0.05, 0.1) is 6.04 Å². The molecule has 0 saturated heterocycles. The number of benzene rings is 2. The fraction of sp³-hybridized carbons (Fsp3) is 0.0625. The minimum Gasteiger partial charge on any atom is -0.271 e. The van der Waals surface area contributed by atoms with E-state index in [1.54, 1.807) is 6.20 Å². The van der Waals surface area contributed by atoms with E-state index >= 15 is 0 Å². The molecule has 1 heterocycles. The van der Waals surface area contributed by atoms with Crippen LogP contribution < -0.4 is 11.3 Å². The maximum Gasteiger partial charge on any atom is 0.0726 e. The minimum absolute atomic E-state index is 0.123. The van der Waals surface area contributed by atoms with E-state index in [0.717, 1.165) is 25.5 Å².